The fraction of sp³-hybridized carbons (Fsp3) is 0.533. The number of carbonyl (C=O) groups is 1. The van der Waals surface area contributed by atoms with Crippen LogP contribution in [-0.2, 0) is 4.74 Å². The Bertz CT molecular complexity index is 524. The molecule has 1 heterocycles. The van der Waals surface area contributed by atoms with E-state index in [9.17, 15) is 4.79 Å². The van der Waals surface area contributed by atoms with Crippen molar-refractivity contribution < 1.29 is 14.3 Å². The lowest BCUT2D eigenvalue weighted by molar-refractivity contribution is -0.00785. The monoisotopic (exact) mass is 375 g/mol. The van der Waals surface area contributed by atoms with Crippen molar-refractivity contribution in [2.24, 2.45) is 5.92 Å². The molecule has 1 aliphatic rings. The van der Waals surface area contributed by atoms with Gasteiger partial charge in [0.1, 0.15) is 11.4 Å². The maximum absolute atomic E-state index is 11.8. The number of nitrogens with zero attached hydrogens (tertiary/aromatic N) is 1. The number of hydrogen-bond donors (Lipinski definition) is 0. The lowest BCUT2D eigenvalue weighted by Crippen LogP contribution is -2.53. The van der Waals surface area contributed by atoms with Crippen molar-refractivity contribution in [3.05, 3.63) is 27.7 Å². The number of amides is 1. The highest BCUT2D eigenvalue weighted by molar-refractivity contribution is 9.10. The normalized spacial score (nSPS) is 15.6. The molecule has 6 heteroatoms. The van der Waals surface area contributed by atoms with E-state index in [1.165, 1.54) is 0 Å². The molecule has 1 amide bonds. The molecule has 1 fully saturated rings. The van der Waals surface area contributed by atoms with Crippen LogP contribution in [0, 0.1) is 5.92 Å². The summed E-state index contributed by atoms with van der Waals surface area (Å²) >= 11 is 9.40. The molecule has 4 nitrogen and oxygen atoms in total. The predicted molar refractivity (Wildman–Crippen MR) is 85.9 cm³/mol. The average molecular weight is 377 g/mol. The smallest absolute Gasteiger partial charge is 0.410 e. The summed E-state index contributed by atoms with van der Waals surface area (Å²) in [5.74, 6) is 1.04. The first-order chi connectivity index (χ1) is 9.76. The van der Waals surface area contributed by atoms with Crippen LogP contribution in [0.5, 0.6) is 5.75 Å². The van der Waals surface area contributed by atoms with Gasteiger partial charge in [0.15, 0.2) is 0 Å². The van der Waals surface area contributed by atoms with Gasteiger partial charge in [-0.1, -0.05) is 17.7 Å². The Hall–Kier alpha value is -0.940. The van der Waals surface area contributed by atoms with Gasteiger partial charge < -0.3 is 14.4 Å². The molecule has 2 rings (SSSR count). The predicted octanol–water partition coefficient (Wildman–Crippen LogP) is 4.35. The van der Waals surface area contributed by atoms with Crippen LogP contribution in [0.4, 0.5) is 4.79 Å². The molecule has 0 aromatic heterocycles. The van der Waals surface area contributed by atoms with Crippen LogP contribution in [0.3, 0.4) is 0 Å². The van der Waals surface area contributed by atoms with E-state index in [-0.39, 0.29) is 6.09 Å². The van der Waals surface area contributed by atoms with Crippen molar-refractivity contribution in [2.45, 2.75) is 26.4 Å². The van der Waals surface area contributed by atoms with E-state index in [0.717, 1.165) is 10.2 Å². The van der Waals surface area contributed by atoms with Gasteiger partial charge in [-0.2, -0.15) is 0 Å². The van der Waals surface area contributed by atoms with E-state index in [1.807, 2.05) is 32.9 Å². The number of benzene rings is 1. The molecule has 0 atom stereocenters. The molecule has 0 bridgehead atoms. The molecule has 1 aromatic carbocycles. The van der Waals surface area contributed by atoms with E-state index >= 15 is 0 Å². The van der Waals surface area contributed by atoms with Gasteiger partial charge >= 0.3 is 6.09 Å². The van der Waals surface area contributed by atoms with Crippen LogP contribution < -0.4 is 4.74 Å². The van der Waals surface area contributed by atoms with Crippen LogP contribution in [0.25, 0.3) is 0 Å². The Kier molecular flexibility index (Phi) is 5.04. The molecule has 0 unspecified atom stereocenters. The largest absolute Gasteiger partial charge is 0.492 e. The van der Waals surface area contributed by atoms with E-state index in [0.29, 0.717) is 30.6 Å². The molecule has 21 heavy (non-hydrogen) atoms. The Balaban J connectivity index is 1.76. The second-order valence-corrected chi connectivity index (χ2v) is 7.31. The maximum atomic E-state index is 11.8. The SMILES string of the molecule is CC(C)(C)OC(=O)N1CC(COc2cccc(Cl)c2Br)C1. The zero-order chi connectivity index (χ0) is 15.6. The van der Waals surface area contributed by atoms with Gasteiger partial charge in [0.05, 0.1) is 16.1 Å². The van der Waals surface area contributed by atoms with Crippen LogP contribution in [0.1, 0.15) is 20.8 Å². The first-order valence-corrected chi connectivity index (χ1v) is 7.98. The van der Waals surface area contributed by atoms with Crippen molar-refractivity contribution in [3.8, 4) is 5.75 Å². The van der Waals surface area contributed by atoms with Gasteiger partial charge in [-0.05, 0) is 48.8 Å². The summed E-state index contributed by atoms with van der Waals surface area (Å²) in [6.07, 6.45) is -0.261. The minimum atomic E-state index is -0.454. The van der Waals surface area contributed by atoms with Crippen molar-refractivity contribution in [1.82, 2.24) is 4.90 Å². The Morgan fingerprint density at radius 3 is 2.71 bits per heavy atom. The van der Waals surface area contributed by atoms with Gasteiger partial charge in [0.2, 0.25) is 0 Å². The minimum Gasteiger partial charge on any atom is -0.492 e. The number of ether oxygens (including phenoxy) is 2. The number of carbonyl (C=O) groups excluding carboxylic acids is 1. The summed E-state index contributed by atoms with van der Waals surface area (Å²) in [6.45, 7) is 7.46. The molecule has 1 saturated heterocycles. The number of hydrogen-bond acceptors (Lipinski definition) is 3. The molecule has 1 aromatic rings. The summed E-state index contributed by atoms with van der Waals surface area (Å²) in [7, 11) is 0. The second-order valence-electron chi connectivity index (χ2n) is 6.11. The number of halogens is 2. The average Bonchev–Trinajstić information content (AvgIpc) is 2.30. The van der Waals surface area contributed by atoms with Gasteiger partial charge in [0, 0.05) is 19.0 Å². The van der Waals surface area contributed by atoms with Crippen LogP contribution in [0.15, 0.2) is 22.7 Å². The second kappa shape index (κ2) is 6.44. The Labute approximate surface area is 138 Å². The Morgan fingerprint density at radius 1 is 1.43 bits per heavy atom. The van der Waals surface area contributed by atoms with Crippen molar-refractivity contribution in [3.63, 3.8) is 0 Å². The lowest BCUT2D eigenvalue weighted by atomic mass is 10.0. The summed E-state index contributed by atoms with van der Waals surface area (Å²) in [5, 5.41) is 0.622. The zero-order valence-electron chi connectivity index (χ0n) is 12.4. The van der Waals surface area contributed by atoms with Crippen molar-refractivity contribution >= 4 is 33.6 Å². The third-order valence-electron chi connectivity index (χ3n) is 3.00. The number of likely N-dealkylation sites (tertiary alicyclic amines) is 1. The van der Waals surface area contributed by atoms with Gasteiger partial charge in [0.25, 0.3) is 0 Å². The summed E-state index contributed by atoms with van der Waals surface area (Å²) < 4.78 is 11.8. The van der Waals surface area contributed by atoms with Crippen LogP contribution >= 0.6 is 27.5 Å². The van der Waals surface area contributed by atoms with Crippen LogP contribution in [0.2, 0.25) is 5.02 Å². The number of rotatable bonds is 3. The maximum Gasteiger partial charge on any atom is 0.410 e. The summed E-state index contributed by atoms with van der Waals surface area (Å²) in [6, 6.07) is 5.50. The molecule has 0 aliphatic carbocycles. The molecular formula is C15H19BrClNO3. The molecule has 116 valence electrons. The molecule has 0 radical (unpaired) electrons. The van der Waals surface area contributed by atoms with Crippen LogP contribution in [-0.4, -0.2) is 36.3 Å². The Morgan fingerprint density at radius 2 is 2.10 bits per heavy atom. The molecule has 0 spiro atoms. The summed E-state index contributed by atoms with van der Waals surface area (Å²) in [5.41, 5.74) is -0.454. The van der Waals surface area contributed by atoms with Gasteiger partial charge in [-0.15, -0.1) is 0 Å². The highest BCUT2D eigenvalue weighted by Gasteiger charge is 2.34. The van der Waals surface area contributed by atoms with Crippen molar-refractivity contribution in [2.75, 3.05) is 19.7 Å². The van der Waals surface area contributed by atoms with Gasteiger partial charge in [-0.3, -0.25) is 0 Å². The molecule has 0 N–H and O–H groups in total. The highest BCUT2D eigenvalue weighted by atomic mass is 79.9. The van der Waals surface area contributed by atoms with E-state index < -0.39 is 5.60 Å². The van der Waals surface area contributed by atoms with E-state index in [4.69, 9.17) is 21.1 Å². The highest BCUT2D eigenvalue weighted by Crippen LogP contribution is 2.32. The van der Waals surface area contributed by atoms with Gasteiger partial charge in [-0.25, -0.2) is 4.79 Å². The molecule has 1 aliphatic heterocycles. The topological polar surface area (TPSA) is 38.8 Å². The fourth-order valence-electron chi connectivity index (χ4n) is 1.95. The quantitative estimate of drug-likeness (QED) is 0.787. The molecule has 0 saturated carbocycles. The first-order valence-electron chi connectivity index (χ1n) is 6.81. The zero-order valence-corrected chi connectivity index (χ0v) is 14.7. The van der Waals surface area contributed by atoms with Crippen molar-refractivity contribution in [1.29, 1.82) is 0 Å². The minimum absolute atomic E-state index is 0.261. The standard InChI is InChI=1S/C15H19BrClNO3/c1-15(2,3)21-14(19)18-7-10(8-18)9-20-12-6-4-5-11(17)13(12)16/h4-6,10H,7-9H2,1-3H3. The molecular weight excluding hydrogens is 358 g/mol. The fourth-order valence-corrected chi connectivity index (χ4v) is 2.50. The van der Waals surface area contributed by atoms with E-state index in [1.54, 1.807) is 11.0 Å². The van der Waals surface area contributed by atoms with E-state index in [2.05, 4.69) is 15.9 Å². The summed E-state index contributed by atoms with van der Waals surface area (Å²) in [4.78, 5) is 13.5. The first kappa shape index (κ1) is 16.4. The third-order valence-corrected chi connectivity index (χ3v) is 4.36. The third kappa shape index (κ3) is 4.51. The lowest BCUT2D eigenvalue weighted by Gasteiger charge is -2.39.